The van der Waals surface area contributed by atoms with Gasteiger partial charge in [0.05, 0.1) is 12.8 Å². The predicted molar refractivity (Wildman–Crippen MR) is 80.7 cm³/mol. The molecule has 0 aliphatic carbocycles. The topological polar surface area (TPSA) is 58.2 Å². The van der Waals surface area contributed by atoms with Crippen molar-refractivity contribution in [2.75, 3.05) is 5.32 Å². The lowest BCUT2D eigenvalue weighted by molar-refractivity contribution is -0.120. The summed E-state index contributed by atoms with van der Waals surface area (Å²) in [5, 5.41) is 5.53. The molecule has 22 heavy (non-hydrogen) atoms. The molecule has 5 heteroatoms. The van der Waals surface area contributed by atoms with Gasteiger partial charge in [0.15, 0.2) is 0 Å². The lowest BCUT2D eigenvalue weighted by atomic mass is 10.1. The summed E-state index contributed by atoms with van der Waals surface area (Å²) in [7, 11) is 0. The lowest BCUT2D eigenvalue weighted by Crippen LogP contribution is -2.24. The summed E-state index contributed by atoms with van der Waals surface area (Å²) >= 11 is 0. The van der Waals surface area contributed by atoms with Crippen molar-refractivity contribution < 1.29 is 14.0 Å². The van der Waals surface area contributed by atoms with Gasteiger partial charge in [0.25, 0.3) is 0 Å². The van der Waals surface area contributed by atoms with Crippen molar-refractivity contribution >= 4 is 17.5 Å². The second-order valence-electron chi connectivity index (χ2n) is 5.26. The zero-order chi connectivity index (χ0) is 15.5. The van der Waals surface area contributed by atoms with Crippen LogP contribution in [0.1, 0.15) is 16.7 Å². The fourth-order valence-corrected chi connectivity index (χ4v) is 2.47. The van der Waals surface area contributed by atoms with Crippen LogP contribution in [0.3, 0.4) is 0 Å². The molecule has 0 atom stereocenters. The fraction of sp³-hybridized carbons (Fsp3) is 0.176. The minimum Gasteiger partial charge on any atom is -0.352 e. The van der Waals surface area contributed by atoms with Crippen molar-refractivity contribution in [3.8, 4) is 0 Å². The van der Waals surface area contributed by atoms with Gasteiger partial charge in [0.2, 0.25) is 11.8 Å². The Morgan fingerprint density at radius 2 is 2.05 bits per heavy atom. The molecule has 0 radical (unpaired) electrons. The molecule has 0 saturated heterocycles. The SMILES string of the molecule is O=C(Cc1ccccc1F)NCc1ccc2c(c1)CC(=O)N2. The number of amides is 2. The van der Waals surface area contributed by atoms with E-state index in [2.05, 4.69) is 10.6 Å². The molecule has 0 unspecified atom stereocenters. The van der Waals surface area contributed by atoms with Gasteiger partial charge in [-0.05, 0) is 28.8 Å². The number of hydrogen-bond donors (Lipinski definition) is 2. The zero-order valence-electron chi connectivity index (χ0n) is 11.9. The summed E-state index contributed by atoms with van der Waals surface area (Å²) in [5.41, 5.74) is 3.05. The van der Waals surface area contributed by atoms with Crippen LogP contribution in [0.4, 0.5) is 10.1 Å². The molecule has 4 nitrogen and oxygen atoms in total. The highest BCUT2D eigenvalue weighted by molar-refractivity contribution is 5.99. The molecular formula is C17H15FN2O2. The third-order valence-corrected chi connectivity index (χ3v) is 3.59. The van der Waals surface area contributed by atoms with Crippen LogP contribution in [0, 0.1) is 5.82 Å². The number of rotatable bonds is 4. The van der Waals surface area contributed by atoms with E-state index < -0.39 is 0 Å². The van der Waals surface area contributed by atoms with E-state index in [1.165, 1.54) is 6.07 Å². The van der Waals surface area contributed by atoms with Gasteiger partial charge in [0, 0.05) is 12.2 Å². The van der Waals surface area contributed by atoms with Gasteiger partial charge in [-0.1, -0.05) is 30.3 Å². The molecule has 2 aromatic carbocycles. The third kappa shape index (κ3) is 3.14. The Morgan fingerprint density at radius 3 is 2.86 bits per heavy atom. The van der Waals surface area contributed by atoms with Crippen LogP contribution in [0.15, 0.2) is 42.5 Å². The van der Waals surface area contributed by atoms with Gasteiger partial charge < -0.3 is 10.6 Å². The summed E-state index contributed by atoms with van der Waals surface area (Å²) in [6, 6.07) is 11.8. The molecule has 0 aromatic heterocycles. The smallest absolute Gasteiger partial charge is 0.228 e. The molecular weight excluding hydrogens is 283 g/mol. The van der Waals surface area contributed by atoms with Gasteiger partial charge in [-0.25, -0.2) is 4.39 Å². The Labute approximate surface area is 127 Å². The Kier molecular flexibility index (Phi) is 3.87. The highest BCUT2D eigenvalue weighted by Gasteiger charge is 2.17. The summed E-state index contributed by atoms with van der Waals surface area (Å²) in [6.45, 7) is 0.356. The van der Waals surface area contributed by atoms with Crippen molar-refractivity contribution in [3.63, 3.8) is 0 Å². The number of fused-ring (bicyclic) bond motifs is 1. The van der Waals surface area contributed by atoms with Crippen LogP contribution in [-0.2, 0) is 29.0 Å². The minimum absolute atomic E-state index is 0.0116. The largest absolute Gasteiger partial charge is 0.352 e. The monoisotopic (exact) mass is 298 g/mol. The number of benzene rings is 2. The highest BCUT2D eigenvalue weighted by atomic mass is 19.1. The van der Waals surface area contributed by atoms with Gasteiger partial charge in [-0.15, -0.1) is 0 Å². The Morgan fingerprint density at radius 1 is 1.23 bits per heavy atom. The van der Waals surface area contributed by atoms with Crippen LogP contribution in [0.2, 0.25) is 0 Å². The predicted octanol–water partition coefficient (Wildman–Crippen LogP) is 2.18. The molecule has 2 amide bonds. The van der Waals surface area contributed by atoms with Crippen LogP contribution >= 0.6 is 0 Å². The average molecular weight is 298 g/mol. The van der Waals surface area contributed by atoms with E-state index in [1.54, 1.807) is 18.2 Å². The van der Waals surface area contributed by atoms with Crippen molar-refractivity contribution in [3.05, 3.63) is 65.0 Å². The molecule has 3 rings (SSSR count). The lowest BCUT2D eigenvalue weighted by Gasteiger charge is -2.07. The molecule has 0 bridgehead atoms. The second kappa shape index (κ2) is 5.97. The summed E-state index contributed by atoms with van der Waals surface area (Å²) < 4.78 is 13.5. The van der Waals surface area contributed by atoms with E-state index in [0.29, 0.717) is 18.5 Å². The normalized spacial score (nSPS) is 12.7. The van der Waals surface area contributed by atoms with Gasteiger partial charge in [-0.3, -0.25) is 9.59 Å². The van der Waals surface area contributed by atoms with Crippen LogP contribution in [0.25, 0.3) is 0 Å². The molecule has 1 aliphatic rings. The minimum atomic E-state index is -0.375. The van der Waals surface area contributed by atoms with Gasteiger partial charge in [0.1, 0.15) is 5.82 Å². The number of anilines is 1. The van der Waals surface area contributed by atoms with E-state index in [0.717, 1.165) is 16.8 Å². The van der Waals surface area contributed by atoms with Crippen molar-refractivity contribution in [2.24, 2.45) is 0 Å². The molecule has 0 fully saturated rings. The first-order valence-corrected chi connectivity index (χ1v) is 7.03. The Bertz CT molecular complexity index is 743. The van der Waals surface area contributed by atoms with Crippen molar-refractivity contribution in [1.29, 1.82) is 0 Å². The summed E-state index contributed by atoms with van der Waals surface area (Å²) in [6.07, 6.45) is 0.379. The van der Waals surface area contributed by atoms with E-state index in [-0.39, 0.29) is 24.1 Å². The number of hydrogen-bond acceptors (Lipinski definition) is 2. The number of nitrogens with one attached hydrogen (secondary N) is 2. The first-order valence-electron chi connectivity index (χ1n) is 7.03. The summed E-state index contributed by atoms with van der Waals surface area (Å²) in [5.74, 6) is -0.629. The zero-order valence-corrected chi connectivity index (χ0v) is 11.9. The maximum atomic E-state index is 13.5. The van der Waals surface area contributed by atoms with E-state index in [9.17, 15) is 14.0 Å². The third-order valence-electron chi connectivity index (χ3n) is 3.59. The number of carbonyl (C=O) groups is 2. The van der Waals surface area contributed by atoms with Crippen molar-refractivity contribution in [1.82, 2.24) is 5.32 Å². The second-order valence-corrected chi connectivity index (χ2v) is 5.26. The molecule has 0 saturated carbocycles. The van der Waals surface area contributed by atoms with Gasteiger partial charge in [-0.2, -0.15) is 0 Å². The van der Waals surface area contributed by atoms with E-state index in [4.69, 9.17) is 0 Å². The number of carbonyl (C=O) groups excluding carboxylic acids is 2. The van der Waals surface area contributed by atoms with E-state index in [1.807, 2.05) is 18.2 Å². The number of halogens is 1. The quantitative estimate of drug-likeness (QED) is 0.909. The molecule has 1 aliphatic heterocycles. The first kappa shape index (κ1) is 14.3. The Balaban J connectivity index is 1.59. The molecule has 1 heterocycles. The highest BCUT2D eigenvalue weighted by Crippen LogP contribution is 2.23. The maximum absolute atomic E-state index is 13.5. The van der Waals surface area contributed by atoms with Gasteiger partial charge >= 0.3 is 0 Å². The van der Waals surface area contributed by atoms with Crippen LogP contribution in [0.5, 0.6) is 0 Å². The molecule has 2 aromatic rings. The van der Waals surface area contributed by atoms with E-state index >= 15 is 0 Å². The average Bonchev–Trinajstić information content (AvgIpc) is 2.87. The van der Waals surface area contributed by atoms with Crippen LogP contribution < -0.4 is 10.6 Å². The Hall–Kier alpha value is -2.69. The first-order chi connectivity index (χ1) is 10.6. The maximum Gasteiger partial charge on any atom is 0.228 e. The van der Waals surface area contributed by atoms with Crippen LogP contribution in [-0.4, -0.2) is 11.8 Å². The molecule has 2 N–H and O–H groups in total. The fourth-order valence-electron chi connectivity index (χ4n) is 2.47. The summed E-state index contributed by atoms with van der Waals surface area (Å²) in [4.78, 5) is 23.2. The molecule has 112 valence electrons. The van der Waals surface area contributed by atoms with Crippen molar-refractivity contribution in [2.45, 2.75) is 19.4 Å². The standard InChI is InChI=1S/C17H15FN2O2/c18-14-4-2-1-3-12(14)8-16(21)19-10-11-5-6-15-13(7-11)9-17(22)20-15/h1-7H,8-10H2,(H,19,21)(H,20,22). The molecule has 0 spiro atoms.